The van der Waals surface area contributed by atoms with Gasteiger partial charge in [-0.25, -0.2) is 14.7 Å². The van der Waals surface area contributed by atoms with Gasteiger partial charge in [-0.15, -0.1) is 0 Å². The van der Waals surface area contributed by atoms with E-state index in [0.717, 1.165) is 6.92 Å². The van der Waals surface area contributed by atoms with E-state index < -0.39 is 5.92 Å². The minimum absolute atomic E-state index is 0.106. The van der Waals surface area contributed by atoms with Crippen LogP contribution in [0.5, 0.6) is 0 Å². The second-order valence-electron chi connectivity index (χ2n) is 3.01. The molecule has 0 spiro atoms. The van der Waals surface area contributed by atoms with Crippen LogP contribution in [-0.4, -0.2) is 0 Å². The third kappa shape index (κ3) is 2.64. The second kappa shape index (κ2) is 4.21. The van der Waals surface area contributed by atoms with E-state index in [-0.39, 0.29) is 17.2 Å². The molecule has 1 rings (SSSR count). The average molecular weight is 222 g/mol. The summed E-state index contributed by atoms with van der Waals surface area (Å²) in [6, 6.07) is 4.00. The molecule has 0 atom stereocenters. The molecule has 0 aliphatic carbocycles. The second-order valence-corrected chi connectivity index (χ2v) is 3.41. The molecule has 0 fully saturated rings. The van der Waals surface area contributed by atoms with E-state index >= 15 is 0 Å². The average Bonchev–Trinajstić information content (AvgIpc) is 2.07. The van der Waals surface area contributed by atoms with Crippen molar-refractivity contribution < 1.29 is 13.6 Å². The summed E-state index contributed by atoms with van der Waals surface area (Å²) >= 11 is 5.75. The van der Waals surface area contributed by atoms with Gasteiger partial charge in [0.2, 0.25) is 0 Å². The largest absolute Gasteiger partial charge is 0.300 e. The first-order valence-corrected chi connectivity index (χ1v) is 4.31. The van der Waals surface area contributed by atoms with E-state index in [9.17, 15) is 8.78 Å². The lowest BCUT2D eigenvalue weighted by Gasteiger charge is -2.12. The van der Waals surface area contributed by atoms with Crippen molar-refractivity contribution in [1.82, 2.24) is 0 Å². The van der Waals surface area contributed by atoms with Gasteiger partial charge in [0.05, 0.1) is 6.61 Å². The Labute approximate surface area is 85.6 Å². The first-order valence-electron chi connectivity index (χ1n) is 3.93. The number of hydrogen-bond donors (Lipinski definition) is 1. The van der Waals surface area contributed by atoms with Crippen molar-refractivity contribution in [2.45, 2.75) is 19.5 Å². The van der Waals surface area contributed by atoms with Crippen LogP contribution >= 0.6 is 11.6 Å². The molecule has 0 heterocycles. The Hall–Kier alpha value is -0.710. The van der Waals surface area contributed by atoms with E-state index in [1.54, 1.807) is 0 Å². The van der Waals surface area contributed by atoms with Crippen LogP contribution in [0.25, 0.3) is 0 Å². The summed E-state index contributed by atoms with van der Waals surface area (Å²) in [6.07, 6.45) is 0. The number of nitrogens with two attached hydrogens (primary N) is 1. The first-order chi connectivity index (χ1) is 6.45. The molecule has 2 nitrogen and oxygen atoms in total. The van der Waals surface area contributed by atoms with E-state index in [2.05, 4.69) is 4.84 Å². The molecule has 78 valence electrons. The summed E-state index contributed by atoms with van der Waals surface area (Å²) in [5.41, 5.74) is 0.463. The maximum Gasteiger partial charge on any atom is 0.270 e. The highest BCUT2D eigenvalue weighted by molar-refractivity contribution is 6.31. The summed E-state index contributed by atoms with van der Waals surface area (Å²) in [6.45, 7) is 0.923. The van der Waals surface area contributed by atoms with Crippen molar-refractivity contribution in [3.8, 4) is 0 Å². The standard InChI is InChI=1S/C9H10ClF2NO/c1-9(11,12)7-3-2-6(5-14-13)8(10)4-7/h2-4H,5,13H2,1H3. The summed E-state index contributed by atoms with van der Waals surface area (Å²) < 4.78 is 25.7. The molecule has 0 aliphatic rings. The molecule has 0 saturated carbocycles. The lowest BCUT2D eigenvalue weighted by atomic mass is 10.1. The molecular weight excluding hydrogens is 212 g/mol. The number of benzene rings is 1. The quantitative estimate of drug-likeness (QED) is 0.797. The zero-order valence-electron chi connectivity index (χ0n) is 7.56. The summed E-state index contributed by atoms with van der Waals surface area (Å²) in [5.74, 6) is 1.96. The SMILES string of the molecule is CC(F)(F)c1ccc(CON)c(Cl)c1. The highest BCUT2D eigenvalue weighted by Gasteiger charge is 2.24. The fourth-order valence-electron chi connectivity index (χ4n) is 1.03. The van der Waals surface area contributed by atoms with E-state index in [0.29, 0.717) is 5.56 Å². The van der Waals surface area contributed by atoms with E-state index in [4.69, 9.17) is 17.5 Å². The van der Waals surface area contributed by atoms with Gasteiger partial charge in [-0.1, -0.05) is 23.7 Å². The molecule has 0 amide bonds. The van der Waals surface area contributed by atoms with Crippen LogP contribution in [0.4, 0.5) is 8.78 Å². The van der Waals surface area contributed by atoms with Crippen LogP contribution in [0.2, 0.25) is 5.02 Å². The van der Waals surface area contributed by atoms with Gasteiger partial charge in [0.1, 0.15) is 0 Å². The highest BCUT2D eigenvalue weighted by atomic mass is 35.5. The van der Waals surface area contributed by atoms with Gasteiger partial charge >= 0.3 is 0 Å². The monoisotopic (exact) mass is 221 g/mol. The smallest absolute Gasteiger partial charge is 0.270 e. The lowest BCUT2D eigenvalue weighted by molar-refractivity contribution is 0.0174. The Morgan fingerprint density at radius 3 is 2.57 bits per heavy atom. The molecule has 2 N–H and O–H groups in total. The van der Waals surface area contributed by atoms with Crippen molar-refractivity contribution in [1.29, 1.82) is 0 Å². The normalized spacial score (nSPS) is 11.8. The highest BCUT2D eigenvalue weighted by Crippen LogP contribution is 2.30. The molecule has 1 aromatic carbocycles. The Balaban J connectivity index is 3.01. The first kappa shape index (κ1) is 11.4. The Bertz CT molecular complexity index is 325. The summed E-state index contributed by atoms with van der Waals surface area (Å²) in [4.78, 5) is 4.36. The summed E-state index contributed by atoms with van der Waals surface area (Å²) in [7, 11) is 0. The van der Waals surface area contributed by atoms with Crippen molar-refractivity contribution >= 4 is 11.6 Å². The van der Waals surface area contributed by atoms with Crippen LogP contribution in [0, 0.1) is 0 Å². The number of halogens is 3. The molecule has 0 saturated heterocycles. The molecule has 1 aromatic rings. The molecule has 0 aliphatic heterocycles. The van der Waals surface area contributed by atoms with Gasteiger partial charge in [0.15, 0.2) is 0 Å². The molecule has 0 bridgehead atoms. The Morgan fingerprint density at radius 2 is 2.14 bits per heavy atom. The maximum absolute atomic E-state index is 12.8. The predicted molar refractivity (Wildman–Crippen MR) is 50.0 cm³/mol. The Kier molecular flexibility index (Phi) is 3.42. The van der Waals surface area contributed by atoms with E-state index in [1.807, 2.05) is 0 Å². The van der Waals surface area contributed by atoms with E-state index in [1.165, 1.54) is 18.2 Å². The van der Waals surface area contributed by atoms with Crippen LogP contribution in [-0.2, 0) is 17.4 Å². The van der Waals surface area contributed by atoms with Gasteiger partial charge in [-0.2, -0.15) is 0 Å². The minimum atomic E-state index is -2.88. The third-order valence-electron chi connectivity index (χ3n) is 1.80. The van der Waals surface area contributed by atoms with Gasteiger partial charge in [-0.3, -0.25) is 4.84 Å². The zero-order chi connectivity index (χ0) is 10.8. The fourth-order valence-corrected chi connectivity index (χ4v) is 1.26. The van der Waals surface area contributed by atoms with Crippen LogP contribution in [0.1, 0.15) is 18.1 Å². The lowest BCUT2D eigenvalue weighted by Crippen LogP contribution is -2.07. The molecular formula is C9H10ClF2NO. The van der Waals surface area contributed by atoms with Crippen LogP contribution in [0.3, 0.4) is 0 Å². The molecule has 5 heteroatoms. The third-order valence-corrected chi connectivity index (χ3v) is 2.15. The van der Waals surface area contributed by atoms with Crippen molar-refractivity contribution in [3.05, 3.63) is 34.3 Å². The van der Waals surface area contributed by atoms with Crippen LogP contribution < -0.4 is 5.90 Å². The molecule has 14 heavy (non-hydrogen) atoms. The number of hydrogen-bond acceptors (Lipinski definition) is 2. The predicted octanol–water partition coefficient (Wildman–Crippen LogP) is 2.84. The maximum atomic E-state index is 12.8. The molecule has 0 aromatic heterocycles. The minimum Gasteiger partial charge on any atom is -0.300 e. The van der Waals surface area contributed by atoms with Gasteiger partial charge in [0.25, 0.3) is 5.92 Å². The molecule has 0 unspecified atom stereocenters. The number of alkyl halides is 2. The van der Waals surface area contributed by atoms with Crippen LogP contribution in [0.15, 0.2) is 18.2 Å². The fraction of sp³-hybridized carbons (Fsp3) is 0.333. The van der Waals surface area contributed by atoms with Gasteiger partial charge < -0.3 is 0 Å². The number of rotatable bonds is 3. The van der Waals surface area contributed by atoms with Crippen molar-refractivity contribution in [2.75, 3.05) is 0 Å². The zero-order valence-corrected chi connectivity index (χ0v) is 8.31. The van der Waals surface area contributed by atoms with Gasteiger partial charge in [-0.05, 0) is 11.6 Å². The van der Waals surface area contributed by atoms with Crippen molar-refractivity contribution in [3.63, 3.8) is 0 Å². The van der Waals surface area contributed by atoms with Gasteiger partial charge in [0, 0.05) is 17.5 Å². The summed E-state index contributed by atoms with van der Waals surface area (Å²) in [5, 5.41) is 0.231. The Morgan fingerprint density at radius 1 is 1.50 bits per heavy atom. The van der Waals surface area contributed by atoms with Crippen molar-refractivity contribution in [2.24, 2.45) is 5.90 Å². The molecule has 0 radical (unpaired) electrons. The topological polar surface area (TPSA) is 35.2 Å².